The Morgan fingerprint density at radius 3 is 3.00 bits per heavy atom. The van der Waals surface area contributed by atoms with E-state index >= 15 is 0 Å². The van der Waals surface area contributed by atoms with Crippen LogP contribution in [0.1, 0.15) is 26.0 Å². The maximum Gasteiger partial charge on any atom is 0.224 e. The van der Waals surface area contributed by atoms with Gasteiger partial charge < -0.3 is 15.0 Å². The van der Waals surface area contributed by atoms with Gasteiger partial charge in [-0.15, -0.1) is 0 Å². The summed E-state index contributed by atoms with van der Waals surface area (Å²) in [7, 11) is 0. The van der Waals surface area contributed by atoms with Crippen LogP contribution in [0.3, 0.4) is 0 Å². The van der Waals surface area contributed by atoms with Crippen LogP contribution in [0.15, 0.2) is 24.4 Å². The average Bonchev–Trinajstić information content (AvgIpc) is 2.46. The second-order valence-electron chi connectivity index (χ2n) is 5.37. The Balaban J connectivity index is 1.95. The van der Waals surface area contributed by atoms with E-state index < -0.39 is 0 Å². The SMILES string of the molecule is CC(C)N(Cc1ccccn1)C(=O)CC1COCCN1. The van der Waals surface area contributed by atoms with Gasteiger partial charge in [0.15, 0.2) is 0 Å². The Labute approximate surface area is 120 Å². The van der Waals surface area contributed by atoms with Crippen molar-refractivity contribution in [1.82, 2.24) is 15.2 Å². The van der Waals surface area contributed by atoms with Crippen molar-refractivity contribution >= 4 is 5.91 Å². The van der Waals surface area contributed by atoms with Crippen LogP contribution in [0.5, 0.6) is 0 Å². The number of aromatic nitrogens is 1. The summed E-state index contributed by atoms with van der Waals surface area (Å²) in [5.74, 6) is 0.147. The van der Waals surface area contributed by atoms with Crippen molar-refractivity contribution in [3.63, 3.8) is 0 Å². The van der Waals surface area contributed by atoms with Gasteiger partial charge >= 0.3 is 0 Å². The molecule has 0 saturated carbocycles. The number of rotatable bonds is 5. The van der Waals surface area contributed by atoms with Gasteiger partial charge in [0.1, 0.15) is 0 Å². The van der Waals surface area contributed by atoms with E-state index in [1.165, 1.54) is 0 Å². The number of nitrogens with one attached hydrogen (secondary N) is 1. The van der Waals surface area contributed by atoms with E-state index in [1.807, 2.05) is 36.9 Å². The number of pyridine rings is 1. The minimum Gasteiger partial charge on any atom is -0.378 e. The van der Waals surface area contributed by atoms with Crippen molar-refractivity contribution in [1.29, 1.82) is 0 Å². The zero-order valence-corrected chi connectivity index (χ0v) is 12.2. The quantitative estimate of drug-likeness (QED) is 0.878. The first-order chi connectivity index (χ1) is 9.66. The summed E-state index contributed by atoms with van der Waals surface area (Å²) in [6.45, 7) is 6.79. The molecule has 1 fully saturated rings. The standard InChI is InChI=1S/C15H23N3O2/c1-12(2)18(10-13-5-3-4-6-16-13)15(19)9-14-11-20-8-7-17-14/h3-6,12,14,17H,7-11H2,1-2H3. The molecule has 1 N–H and O–H groups in total. The Kier molecular flexibility index (Phi) is 5.49. The van der Waals surface area contributed by atoms with E-state index in [-0.39, 0.29) is 18.0 Å². The van der Waals surface area contributed by atoms with Crippen LogP contribution < -0.4 is 5.32 Å². The number of ether oxygens (including phenoxy) is 1. The highest BCUT2D eigenvalue weighted by Gasteiger charge is 2.23. The molecule has 20 heavy (non-hydrogen) atoms. The third-order valence-electron chi connectivity index (χ3n) is 3.42. The minimum atomic E-state index is 0.126. The van der Waals surface area contributed by atoms with Crippen molar-refractivity contribution in [2.24, 2.45) is 0 Å². The first-order valence-electron chi connectivity index (χ1n) is 7.17. The van der Waals surface area contributed by atoms with Gasteiger partial charge in [-0.05, 0) is 26.0 Å². The molecule has 1 atom stereocenters. The molecule has 5 heteroatoms. The Morgan fingerprint density at radius 1 is 1.55 bits per heavy atom. The molecule has 1 aromatic rings. The molecule has 0 bridgehead atoms. The third kappa shape index (κ3) is 4.28. The van der Waals surface area contributed by atoms with Gasteiger partial charge in [0.25, 0.3) is 0 Å². The summed E-state index contributed by atoms with van der Waals surface area (Å²) in [5.41, 5.74) is 0.919. The molecule has 0 aromatic carbocycles. The fourth-order valence-corrected chi connectivity index (χ4v) is 2.30. The molecule has 1 saturated heterocycles. The van der Waals surface area contributed by atoms with Gasteiger partial charge in [-0.3, -0.25) is 9.78 Å². The van der Waals surface area contributed by atoms with Crippen molar-refractivity contribution in [3.05, 3.63) is 30.1 Å². The summed E-state index contributed by atoms with van der Waals surface area (Å²) >= 11 is 0. The van der Waals surface area contributed by atoms with Gasteiger partial charge in [-0.2, -0.15) is 0 Å². The smallest absolute Gasteiger partial charge is 0.224 e. The van der Waals surface area contributed by atoms with Crippen LogP contribution >= 0.6 is 0 Å². The second kappa shape index (κ2) is 7.36. The van der Waals surface area contributed by atoms with Crippen LogP contribution in [0.25, 0.3) is 0 Å². The molecule has 1 aliphatic rings. The lowest BCUT2D eigenvalue weighted by Gasteiger charge is -2.30. The van der Waals surface area contributed by atoms with Crippen LogP contribution in [0.4, 0.5) is 0 Å². The Morgan fingerprint density at radius 2 is 2.40 bits per heavy atom. The highest BCUT2D eigenvalue weighted by Crippen LogP contribution is 2.10. The highest BCUT2D eigenvalue weighted by molar-refractivity contribution is 5.77. The predicted octanol–water partition coefficient (Wildman–Crippen LogP) is 1.20. The molecule has 2 rings (SSSR count). The van der Waals surface area contributed by atoms with Gasteiger partial charge in [0.2, 0.25) is 5.91 Å². The van der Waals surface area contributed by atoms with Gasteiger partial charge in [0, 0.05) is 31.2 Å². The normalized spacial score (nSPS) is 19.1. The van der Waals surface area contributed by atoms with Crippen LogP contribution in [0.2, 0.25) is 0 Å². The lowest BCUT2D eigenvalue weighted by molar-refractivity contribution is -0.134. The van der Waals surface area contributed by atoms with Crippen molar-refractivity contribution in [2.45, 2.75) is 38.9 Å². The zero-order chi connectivity index (χ0) is 14.4. The van der Waals surface area contributed by atoms with Crippen LogP contribution in [-0.4, -0.2) is 47.6 Å². The van der Waals surface area contributed by atoms with Crippen LogP contribution in [-0.2, 0) is 16.1 Å². The maximum absolute atomic E-state index is 12.5. The summed E-state index contributed by atoms with van der Waals surface area (Å²) in [6.07, 6.45) is 2.24. The molecule has 0 radical (unpaired) electrons. The molecule has 0 aliphatic carbocycles. The summed E-state index contributed by atoms with van der Waals surface area (Å²) in [4.78, 5) is 18.6. The van der Waals surface area contributed by atoms with Crippen molar-refractivity contribution < 1.29 is 9.53 Å². The Hall–Kier alpha value is -1.46. The summed E-state index contributed by atoms with van der Waals surface area (Å²) in [6, 6.07) is 6.07. The van der Waals surface area contributed by atoms with Gasteiger partial charge in [0.05, 0.1) is 25.5 Å². The number of morpholine rings is 1. The number of hydrogen-bond acceptors (Lipinski definition) is 4. The van der Waals surface area contributed by atoms with Crippen molar-refractivity contribution in [2.75, 3.05) is 19.8 Å². The van der Waals surface area contributed by atoms with E-state index in [1.54, 1.807) is 6.20 Å². The number of hydrogen-bond donors (Lipinski definition) is 1. The van der Waals surface area contributed by atoms with E-state index in [4.69, 9.17) is 4.74 Å². The molecule has 1 aliphatic heterocycles. The Bertz CT molecular complexity index is 416. The average molecular weight is 277 g/mol. The van der Waals surface area contributed by atoms with E-state index in [2.05, 4.69) is 10.3 Å². The first kappa shape index (κ1) is 14.9. The molecule has 0 spiro atoms. The maximum atomic E-state index is 12.5. The predicted molar refractivity (Wildman–Crippen MR) is 77.1 cm³/mol. The molecule has 1 unspecified atom stereocenters. The van der Waals surface area contributed by atoms with E-state index in [0.29, 0.717) is 19.6 Å². The number of amides is 1. The number of carbonyl (C=O) groups is 1. The molecule has 5 nitrogen and oxygen atoms in total. The first-order valence-corrected chi connectivity index (χ1v) is 7.17. The van der Waals surface area contributed by atoms with Gasteiger partial charge in [-0.25, -0.2) is 0 Å². The van der Waals surface area contributed by atoms with E-state index in [0.717, 1.165) is 18.8 Å². The number of nitrogens with zero attached hydrogens (tertiary/aromatic N) is 2. The highest BCUT2D eigenvalue weighted by atomic mass is 16.5. The molecule has 1 aromatic heterocycles. The fourth-order valence-electron chi connectivity index (χ4n) is 2.30. The molecular weight excluding hydrogens is 254 g/mol. The summed E-state index contributed by atoms with van der Waals surface area (Å²) < 4.78 is 5.40. The topological polar surface area (TPSA) is 54.5 Å². The van der Waals surface area contributed by atoms with E-state index in [9.17, 15) is 4.79 Å². The molecular formula is C15H23N3O2. The number of carbonyl (C=O) groups excluding carboxylic acids is 1. The summed E-state index contributed by atoms with van der Waals surface area (Å²) in [5, 5.41) is 3.32. The second-order valence-corrected chi connectivity index (χ2v) is 5.37. The molecule has 1 amide bonds. The van der Waals surface area contributed by atoms with Gasteiger partial charge in [-0.1, -0.05) is 6.07 Å². The minimum absolute atomic E-state index is 0.126. The largest absolute Gasteiger partial charge is 0.378 e. The third-order valence-corrected chi connectivity index (χ3v) is 3.42. The monoisotopic (exact) mass is 277 g/mol. The zero-order valence-electron chi connectivity index (χ0n) is 12.2. The fraction of sp³-hybridized carbons (Fsp3) is 0.600. The lowest BCUT2D eigenvalue weighted by Crippen LogP contribution is -2.46. The molecule has 110 valence electrons. The molecule has 2 heterocycles. The van der Waals surface area contributed by atoms with Crippen LogP contribution in [0, 0.1) is 0 Å². The van der Waals surface area contributed by atoms with Crippen molar-refractivity contribution in [3.8, 4) is 0 Å². The lowest BCUT2D eigenvalue weighted by atomic mass is 10.1.